The molecule has 0 bridgehead atoms. The molecule has 88 valence electrons. The van der Waals surface area contributed by atoms with E-state index in [0.717, 1.165) is 0 Å². The highest BCUT2D eigenvalue weighted by Gasteiger charge is 2.09. The molecule has 0 saturated heterocycles. The van der Waals surface area contributed by atoms with E-state index in [0.29, 0.717) is 15.3 Å². The van der Waals surface area contributed by atoms with Crippen molar-refractivity contribution in [2.75, 3.05) is 11.1 Å². The van der Waals surface area contributed by atoms with Gasteiger partial charge in [0.05, 0.1) is 5.69 Å². The van der Waals surface area contributed by atoms with E-state index >= 15 is 0 Å². The normalized spacial score (nSPS) is 10.3. The first-order chi connectivity index (χ1) is 8.08. The van der Waals surface area contributed by atoms with Gasteiger partial charge in [-0.3, -0.25) is 0 Å². The van der Waals surface area contributed by atoms with Crippen LogP contribution in [0.4, 0.5) is 21.7 Å². The predicted octanol–water partition coefficient (Wildman–Crippen LogP) is 3.36. The SMILES string of the molecule is Nc1ncnc(Nc2ccc(Cl)cc2F)c1Br. The molecule has 1 aromatic heterocycles. The molecular formula is C10H7BrClFN4. The van der Waals surface area contributed by atoms with Gasteiger partial charge in [-0.25, -0.2) is 14.4 Å². The number of nitrogens with one attached hydrogen (secondary N) is 1. The number of rotatable bonds is 2. The maximum absolute atomic E-state index is 13.5. The third kappa shape index (κ3) is 2.65. The topological polar surface area (TPSA) is 63.8 Å². The fraction of sp³-hybridized carbons (Fsp3) is 0. The van der Waals surface area contributed by atoms with Crippen LogP contribution in [0.2, 0.25) is 5.02 Å². The van der Waals surface area contributed by atoms with Crippen LogP contribution in [0.1, 0.15) is 0 Å². The molecule has 0 spiro atoms. The van der Waals surface area contributed by atoms with E-state index in [2.05, 4.69) is 31.2 Å². The Morgan fingerprint density at radius 1 is 1.35 bits per heavy atom. The third-order valence-corrected chi connectivity index (χ3v) is 3.02. The number of nitrogens with two attached hydrogens (primary N) is 1. The van der Waals surface area contributed by atoms with E-state index in [1.165, 1.54) is 18.5 Å². The summed E-state index contributed by atoms with van der Waals surface area (Å²) in [6, 6.07) is 4.30. The zero-order valence-electron chi connectivity index (χ0n) is 8.42. The quantitative estimate of drug-likeness (QED) is 0.891. The van der Waals surface area contributed by atoms with Crippen molar-refractivity contribution in [1.82, 2.24) is 9.97 Å². The number of aromatic nitrogens is 2. The van der Waals surface area contributed by atoms with Crippen molar-refractivity contribution in [2.45, 2.75) is 0 Å². The van der Waals surface area contributed by atoms with Crippen LogP contribution in [0.25, 0.3) is 0 Å². The molecule has 1 aromatic carbocycles. The fourth-order valence-electron chi connectivity index (χ4n) is 1.19. The lowest BCUT2D eigenvalue weighted by Gasteiger charge is -2.09. The molecular weight excluding hydrogens is 310 g/mol. The van der Waals surface area contributed by atoms with Crippen molar-refractivity contribution in [3.8, 4) is 0 Å². The van der Waals surface area contributed by atoms with Gasteiger partial charge in [0.15, 0.2) is 0 Å². The predicted molar refractivity (Wildman–Crippen MR) is 68.8 cm³/mol. The van der Waals surface area contributed by atoms with Gasteiger partial charge < -0.3 is 11.1 Å². The Morgan fingerprint density at radius 3 is 2.82 bits per heavy atom. The van der Waals surface area contributed by atoms with Crippen LogP contribution in [0.3, 0.4) is 0 Å². The van der Waals surface area contributed by atoms with Gasteiger partial charge in [-0.1, -0.05) is 11.6 Å². The molecule has 0 aliphatic rings. The van der Waals surface area contributed by atoms with Gasteiger partial charge in [-0.15, -0.1) is 0 Å². The molecule has 4 nitrogen and oxygen atoms in total. The molecule has 1 heterocycles. The molecule has 0 aliphatic heterocycles. The van der Waals surface area contributed by atoms with Crippen molar-refractivity contribution in [2.24, 2.45) is 0 Å². The summed E-state index contributed by atoms with van der Waals surface area (Å²) in [5.41, 5.74) is 5.84. The van der Waals surface area contributed by atoms with Crippen molar-refractivity contribution in [3.05, 3.63) is 39.8 Å². The van der Waals surface area contributed by atoms with E-state index < -0.39 is 5.82 Å². The van der Waals surface area contributed by atoms with Gasteiger partial charge in [0.2, 0.25) is 0 Å². The minimum Gasteiger partial charge on any atom is -0.383 e. The second kappa shape index (κ2) is 4.85. The summed E-state index contributed by atoms with van der Waals surface area (Å²) in [5, 5.41) is 3.12. The zero-order valence-corrected chi connectivity index (χ0v) is 10.8. The highest BCUT2D eigenvalue weighted by molar-refractivity contribution is 9.10. The Hall–Kier alpha value is -1.40. The highest BCUT2D eigenvalue weighted by atomic mass is 79.9. The summed E-state index contributed by atoms with van der Waals surface area (Å²) in [5.74, 6) is 0.192. The molecule has 17 heavy (non-hydrogen) atoms. The number of hydrogen-bond acceptors (Lipinski definition) is 4. The smallest absolute Gasteiger partial charge is 0.150 e. The maximum atomic E-state index is 13.5. The summed E-state index contributed by atoms with van der Waals surface area (Å²) in [6.45, 7) is 0. The van der Waals surface area contributed by atoms with Gasteiger partial charge >= 0.3 is 0 Å². The van der Waals surface area contributed by atoms with Crippen LogP contribution >= 0.6 is 27.5 Å². The van der Waals surface area contributed by atoms with Gasteiger partial charge in [0, 0.05) is 5.02 Å². The summed E-state index contributed by atoms with van der Waals surface area (Å²) in [4.78, 5) is 7.73. The highest BCUT2D eigenvalue weighted by Crippen LogP contribution is 2.28. The zero-order chi connectivity index (χ0) is 12.4. The second-order valence-corrected chi connectivity index (χ2v) is 4.40. The molecule has 0 radical (unpaired) electrons. The summed E-state index contributed by atoms with van der Waals surface area (Å²) >= 11 is 8.87. The van der Waals surface area contributed by atoms with Crippen LogP contribution in [-0.2, 0) is 0 Å². The standard InChI is InChI=1S/C10H7BrClFN4/c11-8-9(14)15-4-16-10(8)17-7-2-1-5(12)3-6(7)13/h1-4H,(H3,14,15,16,17). The molecule has 0 amide bonds. The van der Waals surface area contributed by atoms with Gasteiger partial charge in [-0.2, -0.15) is 0 Å². The number of benzene rings is 1. The molecule has 0 aliphatic carbocycles. The lowest BCUT2D eigenvalue weighted by molar-refractivity contribution is 0.632. The monoisotopic (exact) mass is 316 g/mol. The summed E-state index contributed by atoms with van der Waals surface area (Å²) < 4.78 is 14.0. The summed E-state index contributed by atoms with van der Waals surface area (Å²) in [7, 11) is 0. The van der Waals surface area contributed by atoms with Gasteiger partial charge in [0.1, 0.15) is 28.3 Å². The molecule has 0 unspecified atom stereocenters. The van der Waals surface area contributed by atoms with Crippen molar-refractivity contribution >= 4 is 44.9 Å². The molecule has 0 fully saturated rings. The number of halogens is 3. The van der Waals surface area contributed by atoms with E-state index in [1.54, 1.807) is 6.07 Å². The lowest BCUT2D eigenvalue weighted by atomic mass is 10.3. The Kier molecular flexibility index (Phi) is 3.44. The molecule has 0 saturated carbocycles. The first-order valence-corrected chi connectivity index (χ1v) is 5.73. The Morgan fingerprint density at radius 2 is 2.12 bits per heavy atom. The molecule has 7 heteroatoms. The number of hydrogen-bond donors (Lipinski definition) is 2. The fourth-order valence-corrected chi connectivity index (χ4v) is 1.65. The average Bonchev–Trinajstić information content (AvgIpc) is 2.28. The van der Waals surface area contributed by atoms with Crippen LogP contribution < -0.4 is 11.1 Å². The first kappa shape index (κ1) is 12.1. The van der Waals surface area contributed by atoms with E-state index in [9.17, 15) is 4.39 Å². The molecule has 2 aromatic rings. The Bertz CT molecular complexity index is 564. The van der Waals surface area contributed by atoms with E-state index in [-0.39, 0.29) is 11.5 Å². The Labute approximate surface area is 110 Å². The largest absolute Gasteiger partial charge is 0.383 e. The third-order valence-electron chi connectivity index (χ3n) is 2.00. The van der Waals surface area contributed by atoms with Crippen LogP contribution in [0.5, 0.6) is 0 Å². The minimum absolute atomic E-state index is 0.258. The first-order valence-electron chi connectivity index (χ1n) is 4.56. The maximum Gasteiger partial charge on any atom is 0.150 e. The number of nitrogen functional groups attached to an aromatic ring is 1. The van der Waals surface area contributed by atoms with Gasteiger partial charge in [0.25, 0.3) is 0 Å². The Balaban J connectivity index is 2.35. The summed E-state index contributed by atoms with van der Waals surface area (Å²) in [6.07, 6.45) is 1.29. The lowest BCUT2D eigenvalue weighted by Crippen LogP contribution is -2.01. The van der Waals surface area contributed by atoms with Crippen molar-refractivity contribution < 1.29 is 4.39 Å². The van der Waals surface area contributed by atoms with E-state index in [4.69, 9.17) is 17.3 Å². The number of nitrogens with zero attached hydrogens (tertiary/aromatic N) is 2. The average molecular weight is 318 g/mol. The molecule has 0 atom stereocenters. The van der Waals surface area contributed by atoms with E-state index in [1.807, 2.05) is 0 Å². The molecule has 3 N–H and O–H groups in total. The minimum atomic E-state index is -0.471. The second-order valence-electron chi connectivity index (χ2n) is 3.17. The van der Waals surface area contributed by atoms with Gasteiger partial charge in [-0.05, 0) is 34.1 Å². The van der Waals surface area contributed by atoms with Crippen molar-refractivity contribution in [3.63, 3.8) is 0 Å². The van der Waals surface area contributed by atoms with Crippen LogP contribution in [-0.4, -0.2) is 9.97 Å². The van der Waals surface area contributed by atoms with Crippen LogP contribution in [0.15, 0.2) is 29.0 Å². The molecule has 2 rings (SSSR count). The number of anilines is 3. The van der Waals surface area contributed by atoms with Crippen LogP contribution in [0, 0.1) is 5.82 Å². The van der Waals surface area contributed by atoms with Crippen molar-refractivity contribution in [1.29, 1.82) is 0 Å².